The minimum atomic E-state index is -0.347. The Morgan fingerprint density at radius 2 is 1.42 bits per heavy atom. The Balaban J connectivity index is 0. The lowest BCUT2D eigenvalue weighted by molar-refractivity contribution is -0.138. The lowest BCUT2D eigenvalue weighted by Gasteiger charge is -1.91. The molecule has 0 heterocycles. The van der Waals surface area contributed by atoms with Gasteiger partial charge < -0.3 is 9.47 Å². The highest BCUT2D eigenvalue weighted by Gasteiger charge is 1.95. The molecule has 0 saturated heterocycles. The van der Waals surface area contributed by atoms with E-state index in [2.05, 4.69) is 16.1 Å². The molecule has 0 radical (unpaired) electrons. The predicted octanol–water partition coefficient (Wildman–Crippen LogP) is 0.915. The lowest BCUT2D eigenvalue weighted by atomic mass is 10.4. The molecule has 0 aromatic carbocycles. The van der Waals surface area contributed by atoms with Crippen LogP contribution in [0.15, 0.2) is 12.2 Å². The Morgan fingerprint density at radius 1 is 1.08 bits per heavy atom. The fraction of sp³-hybridized carbons (Fsp3) is 0.500. The van der Waals surface area contributed by atoms with Gasteiger partial charge in [0.05, 0.1) is 14.2 Å². The summed E-state index contributed by atoms with van der Waals surface area (Å²) in [7, 11) is 2.68. The van der Waals surface area contributed by atoms with Gasteiger partial charge in [0.25, 0.3) is 0 Å². The highest BCUT2D eigenvalue weighted by atomic mass is 16.5. The van der Waals surface area contributed by atoms with E-state index in [9.17, 15) is 9.59 Å². The van der Waals surface area contributed by atoms with Crippen LogP contribution in [0.5, 0.6) is 0 Å². The van der Waals surface area contributed by atoms with Gasteiger partial charge in [0, 0.05) is 12.5 Å². The first-order chi connectivity index (χ1) is 5.45. The van der Waals surface area contributed by atoms with Gasteiger partial charge in [0.1, 0.15) is 0 Å². The van der Waals surface area contributed by atoms with Gasteiger partial charge in [0.2, 0.25) is 0 Å². The van der Waals surface area contributed by atoms with Crippen molar-refractivity contribution in [1.82, 2.24) is 0 Å². The minimum absolute atomic E-state index is 0.245. The van der Waals surface area contributed by atoms with Gasteiger partial charge in [-0.2, -0.15) is 0 Å². The quantitative estimate of drug-likeness (QED) is 0.438. The summed E-state index contributed by atoms with van der Waals surface area (Å²) in [6.45, 7) is 6.32. The van der Waals surface area contributed by atoms with E-state index < -0.39 is 0 Å². The van der Waals surface area contributed by atoms with Gasteiger partial charge in [0.15, 0.2) is 0 Å². The zero-order valence-electron chi connectivity index (χ0n) is 7.84. The zero-order chi connectivity index (χ0) is 10.1. The molecule has 0 atom stereocenters. The predicted molar refractivity (Wildman–Crippen MR) is 44.5 cm³/mol. The molecular weight excluding hydrogens is 160 g/mol. The average molecular weight is 174 g/mol. The smallest absolute Gasteiger partial charge is 0.332 e. The number of carbonyl (C=O) groups is 2. The minimum Gasteiger partial charge on any atom is -0.469 e. The van der Waals surface area contributed by atoms with E-state index in [0.29, 0.717) is 5.57 Å². The molecule has 0 aromatic rings. The van der Waals surface area contributed by atoms with E-state index in [0.717, 1.165) is 0 Å². The van der Waals surface area contributed by atoms with Crippen molar-refractivity contribution in [2.75, 3.05) is 14.2 Å². The second-order valence-electron chi connectivity index (χ2n) is 1.97. The first-order valence-corrected chi connectivity index (χ1v) is 3.24. The molecule has 0 N–H and O–H groups in total. The Labute approximate surface area is 72.2 Å². The molecule has 70 valence electrons. The number of rotatable bonds is 1. The summed E-state index contributed by atoms with van der Waals surface area (Å²) in [4.78, 5) is 19.8. The third-order valence-corrected chi connectivity index (χ3v) is 0.821. The fourth-order valence-electron chi connectivity index (χ4n) is 0.174. The molecule has 0 fully saturated rings. The van der Waals surface area contributed by atoms with Crippen LogP contribution in [0, 0.1) is 0 Å². The standard InChI is InChI=1S/C5H8O2.C3H6O2/c1-4(2)5(6)7-3;1-3(4)5-2/h1H2,2-3H3;1-2H3. The van der Waals surface area contributed by atoms with Crippen LogP contribution in [0.3, 0.4) is 0 Å². The van der Waals surface area contributed by atoms with Crippen LogP contribution in [0.4, 0.5) is 0 Å². The van der Waals surface area contributed by atoms with Gasteiger partial charge in [-0.25, -0.2) is 4.79 Å². The van der Waals surface area contributed by atoms with E-state index in [1.165, 1.54) is 21.1 Å². The number of hydrogen-bond donors (Lipinski definition) is 0. The average Bonchev–Trinajstić information content (AvgIpc) is 2.04. The second-order valence-corrected chi connectivity index (χ2v) is 1.97. The summed E-state index contributed by atoms with van der Waals surface area (Å²) < 4.78 is 8.38. The molecule has 0 amide bonds. The van der Waals surface area contributed by atoms with Gasteiger partial charge in [-0.15, -0.1) is 0 Å². The third-order valence-electron chi connectivity index (χ3n) is 0.821. The second kappa shape index (κ2) is 7.78. The molecule has 4 nitrogen and oxygen atoms in total. The van der Waals surface area contributed by atoms with Crippen LogP contribution in [0.1, 0.15) is 13.8 Å². The van der Waals surface area contributed by atoms with Gasteiger partial charge in [-0.05, 0) is 6.92 Å². The van der Waals surface area contributed by atoms with Crippen LogP contribution in [-0.4, -0.2) is 26.2 Å². The van der Waals surface area contributed by atoms with Crippen LogP contribution < -0.4 is 0 Å². The van der Waals surface area contributed by atoms with Crippen molar-refractivity contribution < 1.29 is 19.1 Å². The molecule has 0 bridgehead atoms. The monoisotopic (exact) mass is 174 g/mol. The van der Waals surface area contributed by atoms with Crippen LogP contribution in [0.2, 0.25) is 0 Å². The summed E-state index contributed by atoms with van der Waals surface area (Å²) in [6.07, 6.45) is 0. The molecule has 12 heavy (non-hydrogen) atoms. The summed E-state index contributed by atoms with van der Waals surface area (Å²) in [5.74, 6) is -0.593. The number of carbonyl (C=O) groups excluding carboxylic acids is 2. The maximum Gasteiger partial charge on any atom is 0.332 e. The summed E-state index contributed by atoms with van der Waals surface area (Å²) in [5.41, 5.74) is 0.433. The maximum absolute atomic E-state index is 10.2. The molecule has 0 spiro atoms. The maximum atomic E-state index is 10.2. The van der Waals surface area contributed by atoms with E-state index >= 15 is 0 Å². The van der Waals surface area contributed by atoms with Crippen LogP contribution in [0.25, 0.3) is 0 Å². The highest BCUT2D eigenvalue weighted by Crippen LogP contribution is 1.87. The van der Waals surface area contributed by atoms with Crippen molar-refractivity contribution in [1.29, 1.82) is 0 Å². The van der Waals surface area contributed by atoms with Gasteiger partial charge in [-0.1, -0.05) is 6.58 Å². The molecule has 0 aliphatic rings. The molecule has 4 heteroatoms. The summed E-state index contributed by atoms with van der Waals surface area (Å²) in [5, 5.41) is 0. The van der Waals surface area contributed by atoms with Crippen LogP contribution in [-0.2, 0) is 19.1 Å². The van der Waals surface area contributed by atoms with Crippen LogP contribution >= 0.6 is 0 Å². The van der Waals surface area contributed by atoms with E-state index in [4.69, 9.17) is 0 Å². The normalized spacial score (nSPS) is 7.33. The van der Waals surface area contributed by atoms with Crippen molar-refractivity contribution >= 4 is 11.9 Å². The number of esters is 2. The Kier molecular flexibility index (Phi) is 8.62. The molecule has 0 aliphatic heterocycles. The first-order valence-electron chi connectivity index (χ1n) is 3.24. The molecule has 0 aliphatic carbocycles. The Hall–Kier alpha value is -1.32. The topological polar surface area (TPSA) is 52.6 Å². The van der Waals surface area contributed by atoms with Crippen molar-refractivity contribution in [3.63, 3.8) is 0 Å². The largest absolute Gasteiger partial charge is 0.469 e. The van der Waals surface area contributed by atoms with Crippen molar-refractivity contribution in [2.24, 2.45) is 0 Å². The third kappa shape index (κ3) is 11.5. The fourth-order valence-corrected chi connectivity index (χ4v) is 0.174. The SMILES string of the molecule is C=C(C)C(=O)OC.COC(C)=O. The van der Waals surface area contributed by atoms with Gasteiger partial charge in [-0.3, -0.25) is 4.79 Å². The summed E-state index contributed by atoms with van der Waals surface area (Å²) >= 11 is 0. The Morgan fingerprint density at radius 3 is 1.42 bits per heavy atom. The molecular formula is C8H14O4. The van der Waals surface area contributed by atoms with Gasteiger partial charge >= 0.3 is 11.9 Å². The summed E-state index contributed by atoms with van der Waals surface area (Å²) in [6, 6.07) is 0. The molecule has 0 rings (SSSR count). The van der Waals surface area contributed by atoms with E-state index in [-0.39, 0.29) is 11.9 Å². The zero-order valence-corrected chi connectivity index (χ0v) is 7.84. The molecule has 0 aromatic heterocycles. The van der Waals surface area contributed by atoms with Crippen molar-refractivity contribution in [3.8, 4) is 0 Å². The van der Waals surface area contributed by atoms with E-state index in [1.807, 2.05) is 0 Å². The molecule has 0 saturated carbocycles. The Bertz CT molecular complexity index is 172. The van der Waals surface area contributed by atoms with E-state index in [1.54, 1.807) is 6.92 Å². The van der Waals surface area contributed by atoms with Crippen molar-refractivity contribution in [3.05, 3.63) is 12.2 Å². The first kappa shape index (κ1) is 13.3. The molecule has 0 unspecified atom stereocenters. The lowest BCUT2D eigenvalue weighted by Crippen LogP contribution is -1.98. The highest BCUT2D eigenvalue weighted by molar-refractivity contribution is 5.86. The number of methoxy groups -OCH3 is 2. The number of hydrogen-bond acceptors (Lipinski definition) is 4. The number of ether oxygens (including phenoxy) is 2. The van der Waals surface area contributed by atoms with Crippen molar-refractivity contribution in [2.45, 2.75) is 13.8 Å².